The van der Waals surface area contributed by atoms with E-state index >= 15 is 0 Å². The van der Waals surface area contributed by atoms with Crippen molar-refractivity contribution in [2.75, 3.05) is 6.54 Å². The van der Waals surface area contributed by atoms with Gasteiger partial charge in [-0.15, -0.1) is 0 Å². The van der Waals surface area contributed by atoms with Crippen LogP contribution in [0.2, 0.25) is 0 Å². The topological polar surface area (TPSA) is 72.2 Å². The van der Waals surface area contributed by atoms with E-state index in [0.717, 1.165) is 12.1 Å². The molecule has 0 bridgehead atoms. The molecule has 0 aromatic heterocycles. The number of halogens is 3. The van der Waals surface area contributed by atoms with E-state index in [0.29, 0.717) is 11.1 Å². The average molecular weight is 380 g/mol. The van der Waals surface area contributed by atoms with E-state index in [2.05, 4.69) is 5.32 Å². The summed E-state index contributed by atoms with van der Waals surface area (Å²) in [6.07, 6.45) is -4.40. The Morgan fingerprint density at radius 2 is 1.67 bits per heavy atom. The molecular weight excluding hydrogens is 361 g/mol. The van der Waals surface area contributed by atoms with Crippen molar-refractivity contribution in [1.29, 1.82) is 0 Å². The lowest BCUT2D eigenvalue weighted by Crippen LogP contribution is -2.37. The molecular formula is C19H19F3N2O3. The average Bonchev–Trinajstić information content (AvgIpc) is 2.60. The lowest BCUT2D eigenvalue weighted by molar-refractivity contribution is -0.384. The number of carbonyl (C=O) groups excluding carboxylic acids is 1. The molecule has 0 atom stereocenters. The molecule has 0 spiro atoms. The van der Waals surface area contributed by atoms with E-state index < -0.39 is 22.1 Å². The third-order valence-corrected chi connectivity index (χ3v) is 4.21. The van der Waals surface area contributed by atoms with Gasteiger partial charge in [0.15, 0.2) is 0 Å². The van der Waals surface area contributed by atoms with Gasteiger partial charge in [-0.25, -0.2) is 0 Å². The molecule has 27 heavy (non-hydrogen) atoms. The van der Waals surface area contributed by atoms with Crippen LogP contribution < -0.4 is 5.32 Å². The van der Waals surface area contributed by atoms with Gasteiger partial charge >= 0.3 is 6.18 Å². The summed E-state index contributed by atoms with van der Waals surface area (Å²) in [5, 5.41) is 13.3. The number of amides is 1. The summed E-state index contributed by atoms with van der Waals surface area (Å²) >= 11 is 0. The molecule has 8 heteroatoms. The molecule has 1 N–H and O–H groups in total. The van der Waals surface area contributed by atoms with Crippen LogP contribution in [0.25, 0.3) is 0 Å². The van der Waals surface area contributed by atoms with E-state index in [-0.39, 0.29) is 24.6 Å². The van der Waals surface area contributed by atoms with Crippen molar-refractivity contribution < 1.29 is 22.9 Å². The minimum absolute atomic E-state index is 0.0245. The normalized spacial score (nSPS) is 11.9. The molecule has 144 valence electrons. The summed E-state index contributed by atoms with van der Waals surface area (Å²) in [6, 6.07) is 10.7. The Morgan fingerprint density at radius 3 is 2.22 bits per heavy atom. The van der Waals surface area contributed by atoms with E-state index in [1.54, 1.807) is 19.9 Å². The number of nitrogens with one attached hydrogen (secondary N) is 1. The van der Waals surface area contributed by atoms with E-state index in [1.807, 2.05) is 0 Å². The number of non-ortho nitro benzene ring substituents is 1. The molecule has 2 aromatic carbocycles. The number of nitro benzene ring substituents is 1. The molecule has 0 saturated heterocycles. The van der Waals surface area contributed by atoms with E-state index in [1.165, 1.54) is 30.3 Å². The summed E-state index contributed by atoms with van der Waals surface area (Å²) in [7, 11) is 0. The minimum atomic E-state index is -4.43. The van der Waals surface area contributed by atoms with Crippen LogP contribution >= 0.6 is 0 Å². The van der Waals surface area contributed by atoms with Crippen molar-refractivity contribution >= 4 is 11.6 Å². The third kappa shape index (κ3) is 5.54. The second kappa shape index (κ2) is 7.77. The van der Waals surface area contributed by atoms with Gasteiger partial charge in [0.25, 0.3) is 5.69 Å². The minimum Gasteiger partial charge on any atom is -0.355 e. The number of nitrogens with zero attached hydrogens (tertiary/aromatic N) is 1. The van der Waals surface area contributed by atoms with Crippen LogP contribution in [-0.4, -0.2) is 17.4 Å². The Labute approximate surface area is 154 Å². The summed E-state index contributed by atoms with van der Waals surface area (Å²) in [5.41, 5.74) is -0.426. The van der Waals surface area contributed by atoms with Crippen molar-refractivity contribution in [3.05, 3.63) is 75.3 Å². The van der Waals surface area contributed by atoms with Crippen LogP contribution in [0, 0.1) is 10.1 Å². The zero-order valence-electron chi connectivity index (χ0n) is 14.8. The Morgan fingerprint density at radius 1 is 1.07 bits per heavy atom. The highest BCUT2D eigenvalue weighted by Gasteiger charge is 2.32. The van der Waals surface area contributed by atoms with Crippen LogP contribution in [0.5, 0.6) is 0 Å². The summed E-state index contributed by atoms with van der Waals surface area (Å²) in [6.45, 7) is 3.64. The van der Waals surface area contributed by atoms with Crippen LogP contribution in [0.1, 0.15) is 30.5 Å². The first-order valence-corrected chi connectivity index (χ1v) is 8.17. The highest BCUT2D eigenvalue weighted by atomic mass is 19.4. The molecule has 2 aromatic rings. The molecule has 5 nitrogen and oxygen atoms in total. The maximum atomic E-state index is 12.9. The van der Waals surface area contributed by atoms with Gasteiger partial charge in [-0.05, 0) is 17.2 Å². The Balaban J connectivity index is 2.00. The number of alkyl halides is 3. The lowest BCUT2D eigenvalue weighted by atomic mass is 9.83. The molecule has 2 rings (SSSR count). The number of carbonyl (C=O) groups is 1. The second-order valence-electron chi connectivity index (χ2n) is 6.84. The lowest BCUT2D eigenvalue weighted by Gasteiger charge is -2.26. The number of nitro groups is 1. The molecule has 0 aliphatic rings. The molecule has 0 saturated carbocycles. The molecule has 0 fully saturated rings. The SMILES string of the molecule is CC(C)(CNC(=O)Cc1ccc([N+](=O)[O-])cc1)c1cccc(C(F)(F)F)c1. The number of benzene rings is 2. The maximum Gasteiger partial charge on any atom is 0.416 e. The third-order valence-electron chi connectivity index (χ3n) is 4.21. The summed E-state index contributed by atoms with van der Waals surface area (Å²) in [4.78, 5) is 22.2. The second-order valence-corrected chi connectivity index (χ2v) is 6.84. The number of hydrogen-bond donors (Lipinski definition) is 1. The van der Waals surface area contributed by atoms with Crippen molar-refractivity contribution in [3.8, 4) is 0 Å². The van der Waals surface area contributed by atoms with Crippen molar-refractivity contribution in [1.82, 2.24) is 5.32 Å². The monoisotopic (exact) mass is 380 g/mol. The molecule has 1 amide bonds. The van der Waals surface area contributed by atoms with Crippen LogP contribution in [0.3, 0.4) is 0 Å². The summed E-state index contributed by atoms with van der Waals surface area (Å²) in [5.74, 6) is -0.316. The standard InChI is InChI=1S/C19H19F3N2O3/c1-18(2,14-4-3-5-15(11-14)19(20,21)22)12-23-17(25)10-13-6-8-16(9-7-13)24(26)27/h3-9,11H,10,12H2,1-2H3,(H,23,25). The fourth-order valence-electron chi connectivity index (χ4n) is 2.52. The predicted molar refractivity (Wildman–Crippen MR) is 94.3 cm³/mol. The fourth-order valence-corrected chi connectivity index (χ4v) is 2.52. The zero-order valence-corrected chi connectivity index (χ0v) is 14.8. The number of rotatable bonds is 6. The first kappa shape index (κ1) is 20.4. The van der Waals surface area contributed by atoms with E-state index in [4.69, 9.17) is 0 Å². The van der Waals surface area contributed by atoms with Gasteiger partial charge in [-0.3, -0.25) is 14.9 Å². The largest absolute Gasteiger partial charge is 0.416 e. The maximum absolute atomic E-state index is 12.9. The quantitative estimate of drug-likeness (QED) is 0.602. The Kier molecular flexibility index (Phi) is 5.88. The first-order chi connectivity index (χ1) is 12.5. The van der Waals surface area contributed by atoms with Crippen molar-refractivity contribution in [2.24, 2.45) is 0 Å². The Bertz CT molecular complexity index is 831. The molecule has 0 heterocycles. The zero-order chi connectivity index (χ0) is 20.2. The van der Waals surface area contributed by atoms with Gasteiger partial charge in [0.2, 0.25) is 5.91 Å². The summed E-state index contributed by atoms with van der Waals surface area (Å²) < 4.78 is 38.6. The van der Waals surface area contributed by atoms with Gasteiger partial charge in [0.05, 0.1) is 16.9 Å². The van der Waals surface area contributed by atoms with Crippen LogP contribution in [0.4, 0.5) is 18.9 Å². The first-order valence-electron chi connectivity index (χ1n) is 8.17. The van der Waals surface area contributed by atoms with Crippen molar-refractivity contribution in [2.45, 2.75) is 31.9 Å². The molecule has 0 aliphatic heterocycles. The van der Waals surface area contributed by atoms with Crippen LogP contribution in [-0.2, 0) is 22.8 Å². The number of hydrogen-bond acceptors (Lipinski definition) is 3. The highest BCUT2D eigenvalue weighted by molar-refractivity contribution is 5.78. The van der Waals surface area contributed by atoms with Gasteiger partial charge < -0.3 is 5.32 Å². The fraction of sp³-hybridized carbons (Fsp3) is 0.316. The van der Waals surface area contributed by atoms with E-state index in [9.17, 15) is 28.1 Å². The van der Waals surface area contributed by atoms with Gasteiger partial charge in [-0.1, -0.05) is 44.2 Å². The highest BCUT2D eigenvalue weighted by Crippen LogP contribution is 2.32. The predicted octanol–water partition coefficient (Wildman–Crippen LogP) is 4.25. The molecule has 0 unspecified atom stereocenters. The smallest absolute Gasteiger partial charge is 0.355 e. The van der Waals surface area contributed by atoms with Gasteiger partial charge in [0, 0.05) is 24.1 Å². The van der Waals surface area contributed by atoms with Crippen molar-refractivity contribution in [3.63, 3.8) is 0 Å². The van der Waals surface area contributed by atoms with Gasteiger partial charge in [-0.2, -0.15) is 13.2 Å². The Hall–Kier alpha value is -2.90. The van der Waals surface area contributed by atoms with Crippen LogP contribution in [0.15, 0.2) is 48.5 Å². The molecule has 0 radical (unpaired) electrons. The molecule has 0 aliphatic carbocycles. The van der Waals surface area contributed by atoms with Gasteiger partial charge in [0.1, 0.15) is 0 Å².